The highest BCUT2D eigenvalue weighted by Gasteiger charge is 2.31. The highest BCUT2D eigenvalue weighted by molar-refractivity contribution is 5.91. The van der Waals surface area contributed by atoms with Crippen LogP contribution in [0, 0.1) is 11.9 Å². The summed E-state index contributed by atoms with van der Waals surface area (Å²) in [5.41, 5.74) is 2.18. The highest BCUT2D eigenvalue weighted by Crippen LogP contribution is 2.34. The topological polar surface area (TPSA) is 60.6 Å². The van der Waals surface area contributed by atoms with Crippen LogP contribution in [0.25, 0.3) is 33.4 Å². The Kier molecular flexibility index (Phi) is 5.95. The predicted molar refractivity (Wildman–Crippen MR) is 129 cm³/mol. The summed E-state index contributed by atoms with van der Waals surface area (Å²) in [4.78, 5) is 8.98. The molecule has 0 unspecified atom stereocenters. The van der Waals surface area contributed by atoms with Gasteiger partial charge in [-0.15, -0.1) is 0 Å². The van der Waals surface area contributed by atoms with Gasteiger partial charge in [0.25, 0.3) is 0 Å². The van der Waals surface area contributed by atoms with Crippen LogP contribution < -0.4 is 5.32 Å². The first kappa shape index (κ1) is 23.5. The number of nitrogens with zero attached hydrogens (tertiary/aromatic N) is 5. The number of fused-ring (bicyclic) bond motifs is 1. The zero-order chi connectivity index (χ0) is 25.4. The molecule has 1 N–H and O–H groups in total. The molecule has 0 bridgehead atoms. The Morgan fingerprint density at radius 1 is 1.08 bits per heavy atom. The Labute approximate surface area is 204 Å². The van der Waals surface area contributed by atoms with E-state index in [9.17, 15) is 17.6 Å². The lowest BCUT2D eigenvalue weighted by Gasteiger charge is -2.10. The van der Waals surface area contributed by atoms with Crippen molar-refractivity contribution in [3.8, 4) is 22.4 Å². The number of hydrogen-bond acceptors (Lipinski definition) is 4. The van der Waals surface area contributed by atoms with Crippen LogP contribution in [0.2, 0.25) is 0 Å². The Bertz CT molecular complexity index is 1530. The van der Waals surface area contributed by atoms with E-state index in [-0.39, 0.29) is 11.1 Å². The summed E-state index contributed by atoms with van der Waals surface area (Å²) in [6.45, 7) is 0.662. The fraction of sp³-hybridized carbons (Fsp3) is 0.192. The minimum Gasteiger partial charge on any atom is -0.354 e. The van der Waals surface area contributed by atoms with Crippen LogP contribution in [0.3, 0.4) is 0 Å². The summed E-state index contributed by atoms with van der Waals surface area (Å²) in [5.74, 6) is -0.265. The summed E-state index contributed by atoms with van der Waals surface area (Å²) < 4.78 is 57.2. The normalized spacial score (nSPS) is 11.8. The number of aryl methyl sites for hydroxylation is 2. The van der Waals surface area contributed by atoms with Crippen molar-refractivity contribution in [1.82, 2.24) is 24.3 Å². The molecule has 3 heterocycles. The summed E-state index contributed by atoms with van der Waals surface area (Å²) in [6, 6.07) is 14.1. The number of anilines is 1. The summed E-state index contributed by atoms with van der Waals surface area (Å²) >= 11 is 0. The molecule has 0 saturated carbocycles. The predicted octanol–water partition coefficient (Wildman–Crippen LogP) is 5.65. The Balaban J connectivity index is 1.39. The van der Waals surface area contributed by atoms with E-state index in [1.165, 1.54) is 11.8 Å². The van der Waals surface area contributed by atoms with Gasteiger partial charge in [0.1, 0.15) is 11.5 Å². The molecule has 0 saturated heterocycles. The van der Waals surface area contributed by atoms with Crippen LogP contribution in [-0.4, -0.2) is 30.9 Å². The first-order valence-electron chi connectivity index (χ1n) is 11.1. The van der Waals surface area contributed by atoms with Crippen LogP contribution in [-0.2, 0) is 26.7 Å². The second-order valence-electron chi connectivity index (χ2n) is 8.37. The van der Waals surface area contributed by atoms with Gasteiger partial charge >= 0.3 is 6.18 Å². The lowest BCUT2D eigenvalue weighted by atomic mass is 10.00. The van der Waals surface area contributed by atoms with Crippen molar-refractivity contribution in [1.29, 1.82) is 0 Å². The molecule has 36 heavy (non-hydrogen) atoms. The minimum absolute atomic E-state index is 0.145. The SMILES string of the molecule is Cn1cccc1CCNc1ncc2c(-c3[c]cc(-c4cc(C(F)(F)F)ccc4F)cc3)nn(C)c2n1. The lowest BCUT2D eigenvalue weighted by Crippen LogP contribution is -2.10. The van der Waals surface area contributed by atoms with Gasteiger partial charge in [-0.2, -0.15) is 23.3 Å². The molecule has 0 amide bonds. The number of aromatic nitrogens is 5. The highest BCUT2D eigenvalue weighted by atomic mass is 19.4. The van der Waals surface area contributed by atoms with Gasteiger partial charge in [-0.1, -0.05) is 12.1 Å². The van der Waals surface area contributed by atoms with Crippen LogP contribution >= 0.6 is 0 Å². The number of alkyl halides is 3. The van der Waals surface area contributed by atoms with Gasteiger partial charge in [-0.3, -0.25) is 0 Å². The zero-order valence-corrected chi connectivity index (χ0v) is 19.4. The molecule has 183 valence electrons. The van der Waals surface area contributed by atoms with E-state index in [4.69, 9.17) is 0 Å². The average molecular weight is 493 g/mol. The molecule has 0 aliphatic heterocycles. The monoisotopic (exact) mass is 493 g/mol. The van der Waals surface area contributed by atoms with Crippen LogP contribution in [0.1, 0.15) is 11.3 Å². The maximum absolute atomic E-state index is 14.3. The van der Waals surface area contributed by atoms with Crippen LogP contribution in [0.5, 0.6) is 0 Å². The van der Waals surface area contributed by atoms with Crippen molar-refractivity contribution in [2.45, 2.75) is 12.6 Å². The molecule has 6 nitrogen and oxygen atoms in total. The molecule has 0 spiro atoms. The fourth-order valence-electron chi connectivity index (χ4n) is 4.04. The molecule has 10 heteroatoms. The minimum atomic E-state index is -4.56. The lowest BCUT2D eigenvalue weighted by molar-refractivity contribution is -0.137. The Morgan fingerprint density at radius 3 is 2.61 bits per heavy atom. The Hall–Kier alpha value is -4.21. The number of halogens is 4. The van der Waals surface area contributed by atoms with E-state index < -0.39 is 17.6 Å². The van der Waals surface area contributed by atoms with Gasteiger partial charge in [-0.05, 0) is 48.0 Å². The maximum Gasteiger partial charge on any atom is 0.416 e. The van der Waals surface area contributed by atoms with Crippen molar-refractivity contribution in [2.24, 2.45) is 14.1 Å². The van der Waals surface area contributed by atoms with E-state index in [1.807, 2.05) is 19.3 Å². The van der Waals surface area contributed by atoms with Crippen LogP contribution in [0.15, 0.2) is 60.9 Å². The number of nitrogens with one attached hydrogen (secondary N) is 1. The summed E-state index contributed by atoms with van der Waals surface area (Å²) in [5, 5.41) is 8.45. The molecular formula is C26H21F4N6. The second kappa shape index (κ2) is 9.10. The van der Waals surface area contributed by atoms with Gasteiger partial charge < -0.3 is 9.88 Å². The standard InChI is InChI=1S/C26H21F4N6/c1-35-13-3-4-19(35)11-12-31-25-32-15-21-23(34-36(2)24(21)33-25)17-7-5-16(6-8-17)20-14-18(26(28,29)30)9-10-22(20)27/h3-7,9-10,13-15H,11-12H2,1-2H3,(H,31,32,33). The molecular weight excluding hydrogens is 472 g/mol. The molecule has 3 aromatic heterocycles. The summed E-state index contributed by atoms with van der Waals surface area (Å²) in [7, 11) is 3.76. The van der Waals surface area contributed by atoms with E-state index in [1.54, 1.807) is 30.1 Å². The molecule has 2 aromatic carbocycles. The molecule has 0 aliphatic carbocycles. The number of hydrogen-bond donors (Lipinski definition) is 1. The van der Waals surface area contributed by atoms with Crippen molar-refractivity contribution < 1.29 is 17.6 Å². The van der Waals surface area contributed by atoms with Gasteiger partial charge in [0.15, 0.2) is 5.65 Å². The van der Waals surface area contributed by atoms with E-state index >= 15 is 0 Å². The third-order valence-electron chi connectivity index (χ3n) is 5.97. The summed E-state index contributed by atoms with van der Waals surface area (Å²) in [6.07, 6.45) is -0.0815. The van der Waals surface area contributed by atoms with E-state index in [0.717, 1.165) is 24.6 Å². The molecule has 0 atom stereocenters. The third kappa shape index (κ3) is 4.53. The number of rotatable bonds is 6. The quantitative estimate of drug-likeness (QED) is 0.311. The largest absolute Gasteiger partial charge is 0.416 e. The zero-order valence-electron chi connectivity index (χ0n) is 19.4. The van der Waals surface area contributed by atoms with E-state index in [2.05, 4.69) is 37.1 Å². The van der Waals surface area contributed by atoms with Gasteiger partial charge in [0, 0.05) is 56.3 Å². The van der Waals surface area contributed by atoms with Gasteiger partial charge in [-0.25, -0.2) is 14.1 Å². The van der Waals surface area contributed by atoms with Crippen molar-refractivity contribution in [2.75, 3.05) is 11.9 Å². The van der Waals surface area contributed by atoms with E-state index in [0.29, 0.717) is 34.8 Å². The average Bonchev–Trinajstić information content (AvgIpc) is 3.41. The first-order valence-corrected chi connectivity index (χ1v) is 11.1. The first-order chi connectivity index (χ1) is 17.2. The van der Waals surface area contributed by atoms with Crippen molar-refractivity contribution >= 4 is 17.0 Å². The van der Waals surface area contributed by atoms with Crippen molar-refractivity contribution in [3.63, 3.8) is 0 Å². The molecule has 0 aliphatic rings. The molecule has 0 fully saturated rings. The number of benzene rings is 2. The second-order valence-corrected chi connectivity index (χ2v) is 8.37. The third-order valence-corrected chi connectivity index (χ3v) is 5.97. The van der Waals surface area contributed by atoms with Gasteiger partial charge in [0.05, 0.1) is 10.9 Å². The molecule has 5 aromatic rings. The van der Waals surface area contributed by atoms with Crippen molar-refractivity contribution in [3.05, 3.63) is 84.1 Å². The van der Waals surface area contributed by atoms with Gasteiger partial charge in [0.2, 0.25) is 5.95 Å². The molecule has 5 rings (SSSR count). The fourth-order valence-corrected chi connectivity index (χ4v) is 4.04. The van der Waals surface area contributed by atoms with Crippen LogP contribution in [0.4, 0.5) is 23.5 Å². The Morgan fingerprint density at radius 2 is 1.92 bits per heavy atom. The maximum atomic E-state index is 14.3. The smallest absolute Gasteiger partial charge is 0.354 e. The molecule has 1 radical (unpaired) electrons.